The topological polar surface area (TPSA) is 43.4 Å². The summed E-state index contributed by atoms with van der Waals surface area (Å²) in [5, 5.41) is 3.40. The molecule has 200 valence electrons. The fourth-order valence-electron chi connectivity index (χ4n) is 4.71. The van der Waals surface area contributed by atoms with Crippen molar-refractivity contribution in [1.82, 2.24) is 10.3 Å². The van der Waals surface area contributed by atoms with E-state index < -0.39 is 0 Å². The second-order valence-corrected chi connectivity index (χ2v) is 13.2. The quantitative estimate of drug-likeness (QED) is 0.273. The summed E-state index contributed by atoms with van der Waals surface area (Å²) < 4.78 is 28.7. The van der Waals surface area contributed by atoms with Crippen molar-refractivity contribution in [3.63, 3.8) is 0 Å². The number of ether oxygens (including phenoxy) is 2. The van der Waals surface area contributed by atoms with E-state index >= 15 is 4.39 Å². The van der Waals surface area contributed by atoms with E-state index in [-0.39, 0.29) is 33.6 Å². The van der Waals surface area contributed by atoms with Crippen LogP contribution in [-0.2, 0) is 19.7 Å². The minimum absolute atomic E-state index is 0.0679. The Balaban J connectivity index is 1.34. The molecule has 4 rings (SSSR count). The van der Waals surface area contributed by atoms with Gasteiger partial charge in [0.15, 0.2) is 0 Å². The van der Waals surface area contributed by atoms with Crippen LogP contribution < -0.4 is 36.0 Å². The zero-order valence-corrected chi connectivity index (χ0v) is 24.0. The molecule has 1 N–H and O–H groups in total. The molecule has 2 aromatic carbocycles. The average Bonchev–Trinajstić information content (AvgIpc) is 2.93. The molecule has 6 heteroatoms. The van der Waals surface area contributed by atoms with Gasteiger partial charge in [-0.1, -0.05) is 6.07 Å². The third kappa shape index (κ3) is 8.95. The summed E-state index contributed by atoms with van der Waals surface area (Å²) in [6.45, 7) is 1.58. The molecule has 0 amide bonds. The zero-order valence-electron chi connectivity index (χ0n) is 21.9. The SMILES string of the molecule is COc1cc(CNCc2ccccn2)ccc1OCc1cccc([I-]C2CCCCCCCCC2)c1F. The predicted molar refractivity (Wildman–Crippen MR) is 143 cm³/mol. The van der Waals surface area contributed by atoms with Gasteiger partial charge < -0.3 is 0 Å². The predicted octanol–water partition coefficient (Wildman–Crippen LogP) is 4.25. The van der Waals surface area contributed by atoms with E-state index in [0.29, 0.717) is 34.1 Å². The summed E-state index contributed by atoms with van der Waals surface area (Å²) >= 11 is -0.355. The number of nitrogens with one attached hydrogen (secondary N) is 1. The van der Waals surface area contributed by atoms with Crippen LogP contribution in [-0.4, -0.2) is 16.0 Å². The molecule has 1 fully saturated rings. The molecule has 1 heterocycles. The number of hydrogen-bond acceptors (Lipinski definition) is 4. The van der Waals surface area contributed by atoms with Crippen molar-refractivity contribution in [3.05, 3.63) is 87.0 Å². The summed E-state index contributed by atoms with van der Waals surface area (Å²) in [5.41, 5.74) is 2.71. The first kappa shape index (κ1) is 27.8. The molecule has 3 aromatic rings. The van der Waals surface area contributed by atoms with Crippen LogP contribution in [0.4, 0.5) is 4.39 Å². The monoisotopic (exact) mass is 617 g/mol. The van der Waals surface area contributed by atoms with Gasteiger partial charge in [-0.25, -0.2) is 0 Å². The van der Waals surface area contributed by atoms with Gasteiger partial charge in [0.05, 0.1) is 5.69 Å². The molecule has 0 atom stereocenters. The Hall–Kier alpha value is -2.19. The summed E-state index contributed by atoms with van der Waals surface area (Å²) in [6, 6.07) is 17.6. The Labute approximate surface area is 231 Å². The van der Waals surface area contributed by atoms with Gasteiger partial charge >= 0.3 is 197 Å². The summed E-state index contributed by atoms with van der Waals surface area (Å²) in [5.74, 6) is 1.21. The van der Waals surface area contributed by atoms with Crippen LogP contribution in [0.1, 0.15) is 74.6 Å². The summed E-state index contributed by atoms with van der Waals surface area (Å²) in [7, 11) is 1.64. The first-order valence-corrected chi connectivity index (χ1v) is 15.9. The number of hydrogen-bond donors (Lipinski definition) is 1. The molecule has 0 bridgehead atoms. The van der Waals surface area contributed by atoms with Crippen molar-refractivity contribution < 1.29 is 35.1 Å². The first-order valence-electron chi connectivity index (χ1n) is 13.5. The molecule has 0 radical (unpaired) electrons. The molecule has 1 aliphatic carbocycles. The van der Waals surface area contributed by atoms with Crippen molar-refractivity contribution in [3.8, 4) is 11.5 Å². The molecular weight excluding hydrogens is 578 g/mol. The second kappa shape index (κ2) is 15.3. The van der Waals surface area contributed by atoms with Crippen molar-refractivity contribution in [2.45, 2.75) is 81.4 Å². The van der Waals surface area contributed by atoms with Gasteiger partial charge in [0.1, 0.15) is 0 Å². The molecule has 1 aromatic heterocycles. The van der Waals surface area contributed by atoms with E-state index in [1.54, 1.807) is 13.3 Å². The molecule has 37 heavy (non-hydrogen) atoms. The molecule has 4 nitrogen and oxygen atoms in total. The molecule has 1 aliphatic rings. The minimum atomic E-state index is -0.355. The maximum atomic E-state index is 15.5. The second-order valence-electron chi connectivity index (χ2n) is 9.67. The van der Waals surface area contributed by atoms with E-state index in [1.807, 2.05) is 54.6 Å². The van der Waals surface area contributed by atoms with Crippen LogP contribution in [0.5, 0.6) is 11.5 Å². The number of benzene rings is 2. The Morgan fingerprint density at radius 3 is 2.41 bits per heavy atom. The van der Waals surface area contributed by atoms with Crippen LogP contribution in [0.2, 0.25) is 0 Å². The van der Waals surface area contributed by atoms with Crippen molar-refractivity contribution in [1.29, 1.82) is 0 Å². The summed E-state index contributed by atoms with van der Waals surface area (Å²) in [6.07, 6.45) is 13.7. The normalized spacial score (nSPS) is 15.4. The van der Waals surface area contributed by atoms with Gasteiger partial charge in [0.25, 0.3) is 0 Å². The number of nitrogens with zero attached hydrogens (tertiary/aromatic N) is 1. The standard InChI is InChI=1S/C31H39FIN2O2/c1-36-30-20-24(21-34-22-27-15-9-10-19-35-27)17-18-29(30)37-23-25-12-11-16-28(31(25)32)33-26-13-7-5-3-2-4-6-8-14-26/h9-12,15-20,26,34H,2-8,13-14,21-23H2,1H3/q-1. The van der Waals surface area contributed by atoms with Gasteiger partial charge in [0.2, 0.25) is 0 Å². The van der Waals surface area contributed by atoms with Crippen molar-refractivity contribution >= 4 is 0 Å². The average molecular weight is 618 g/mol. The number of pyridine rings is 1. The molecule has 1 saturated carbocycles. The van der Waals surface area contributed by atoms with Crippen molar-refractivity contribution in [2.24, 2.45) is 0 Å². The first-order chi connectivity index (χ1) is 18.2. The zero-order chi connectivity index (χ0) is 25.7. The van der Waals surface area contributed by atoms with E-state index in [0.717, 1.165) is 14.8 Å². The van der Waals surface area contributed by atoms with Gasteiger partial charge in [-0.3, -0.25) is 4.98 Å². The molecule has 0 spiro atoms. The number of halogens is 2. The van der Waals surface area contributed by atoms with Crippen LogP contribution in [0, 0.1) is 9.39 Å². The Kier molecular flexibility index (Phi) is 11.5. The third-order valence-corrected chi connectivity index (χ3v) is 10.4. The Morgan fingerprint density at radius 2 is 1.68 bits per heavy atom. The number of aromatic nitrogens is 1. The maximum absolute atomic E-state index is 15.5. The number of alkyl halides is 1. The van der Waals surface area contributed by atoms with E-state index in [4.69, 9.17) is 9.47 Å². The number of rotatable bonds is 10. The molecular formula is C31H39FIN2O2-. The third-order valence-electron chi connectivity index (χ3n) is 6.81. The van der Waals surface area contributed by atoms with E-state index in [9.17, 15) is 0 Å². The van der Waals surface area contributed by atoms with Gasteiger partial charge in [-0.15, -0.1) is 0 Å². The van der Waals surface area contributed by atoms with Crippen LogP contribution >= 0.6 is 0 Å². The van der Waals surface area contributed by atoms with Gasteiger partial charge in [0, 0.05) is 6.20 Å². The fourth-order valence-corrected chi connectivity index (χ4v) is 8.20. The van der Waals surface area contributed by atoms with Gasteiger partial charge in [-0.05, 0) is 12.1 Å². The molecule has 0 unspecified atom stereocenters. The van der Waals surface area contributed by atoms with Crippen LogP contribution in [0.3, 0.4) is 0 Å². The Morgan fingerprint density at radius 1 is 0.892 bits per heavy atom. The van der Waals surface area contributed by atoms with Gasteiger partial charge in [-0.2, -0.15) is 0 Å². The van der Waals surface area contributed by atoms with E-state index in [1.165, 1.54) is 57.8 Å². The number of methoxy groups -OCH3 is 1. The summed E-state index contributed by atoms with van der Waals surface area (Å²) in [4.78, 5) is 4.34. The molecule has 0 aliphatic heterocycles. The van der Waals surface area contributed by atoms with Crippen LogP contribution in [0.15, 0.2) is 60.8 Å². The Bertz CT molecular complexity index is 1090. The fraction of sp³-hybridized carbons (Fsp3) is 0.452. The van der Waals surface area contributed by atoms with Crippen molar-refractivity contribution in [2.75, 3.05) is 7.11 Å². The van der Waals surface area contributed by atoms with E-state index in [2.05, 4.69) is 10.3 Å². The molecule has 0 saturated heterocycles. The van der Waals surface area contributed by atoms with Crippen LogP contribution in [0.25, 0.3) is 0 Å².